The Morgan fingerprint density at radius 1 is 1.35 bits per heavy atom. The number of carbonyl (C=O) groups excluding carboxylic acids is 1. The topological polar surface area (TPSA) is 44.8 Å². The molecule has 20 heavy (non-hydrogen) atoms. The van der Waals surface area contributed by atoms with E-state index in [2.05, 4.69) is 6.07 Å². The molecule has 1 aliphatic rings. The third-order valence-electron chi connectivity index (χ3n) is 3.57. The number of aryl methyl sites for hydroxylation is 1. The van der Waals surface area contributed by atoms with Crippen LogP contribution in [0, 0.1) is 0 Å². The molecule has 0 aromatic heterocycles. The smallest absolute Gasteiger partial charge is 0.344 e. The fourth-order valence-corrected chi connectivity index (χ4v) is 2.58. The lowest BCUT2D eigenvalue weighted by atomic mass is 10.0. The number of hydrogen-bond donors (Lipinski definition) is 0. The maximum Gasteiger partial charge on any atom is 0.344 e. The number of ether oxygens (including phenoxy) is 3. The standard InChI is InChI=1S/C16H22O4/c1-3-19-16(17)11-20-13-9-8-12-6-4-5-7-15(18-2)14(12)10-13/h8-10,15H,3-7,11H2,1-2H3. The van der Waals surface area contributed by atoms with E-state index in [4.69, 9.17) is 14.2 Å². The van der Waals surface area contributed by atoms with Gasteiger partial charge in [0.2, 0.25) is 0 Å². The maximum atomic E-state index is 11.3. The summed E-state index contributed by atoms with van der Waals surface area (Å²) in [6.45, 7) is 2.10. The average Bonchev–Trinajstić information content (AvgIpc) is 2.66. The van der Waals surface area contributed by atoms with Crippen LogP contribution in [0.25, 0.3) is 0 Å². The summed E-state index contributed by atoms with van der Waals surface area (Å²) in [4.78, 5) is 11.3. The van der Waals surface area contributed by atoms with Crippen molar-refractivity contribution in [3.8, 4) is 5.75 Å². The zero-order valence-electron chi connectivity index (χ0n) is 12.2. The molecule has 0 spiro atoms. The van der Waals surface area contributed by atoms with E-state index in [0.717, 1.165) is 12.8 Å². The van der Waals surface area contributed by atoms with E-state index in [9.17, 15) is 4.79 Å². The first-order valence-corrected chi connectivity index (χ1v) is 7.18. The summed E-state index contributed by atoms with van der Waals surface area (Å²) >= 11 is 0. The van der Waals surface area contributed by atoms with Gasteiger partial charge in [-0.15, -0.1) is 0 Å². The second kappa shape index (κ2) is 7.29. The van der Waals surface area contributed by atoms with Crippen molar-refractivity contribution in [2.24, 2.45) is 0 Å². The number of carbonyl (C=O) groups is 1. The lowest BCUT2D eigenvalue weighted by Crippen LogP contribution is -2.14. The Labute approximate surface area is 120 Å². The first-order valence-electron chi connectivity index (χ1n) is 7.18. The van der Waals surface area contributed by atoms with Gasteiger partial charge in [-0.05, 0) is 49.4 Å². The van der Waals surface area contributed by atoms with Crippen molar-refractivity contribution in [1.82, 2.24) is 0 Å². The van der Waals surface area contributed by atoms with Gasteiger partial charge >= 0.3 is 5.97 Å². The second-order valence-corrected chi connectivity index (χ2v) is 4.92. The van der Waals surface area contributed by atoms with Crippen molar-refractivity contribution in [2.45, 2.75) is 38.7 Å². The molecule has 1 aromatic carbocycles. The number of fused-ring (bicyclic) bond motifs is 1. The van der Waals surface area contributed by atoms with E-state index in [1.807, 2.05) is 12.1 Å². The molecular formula is C16H22O4. The first-order chi connectivity index (χ1) is 9.74. The Hall–Kier alpha value is -1.55. The monoisotopic (exact) mass is 278 g/mol. The number of esters is 1. The molecular weight excluding hydrogens is 256 g/mol. The molecule has 0 saturated carbocycles. The van der Waals surface area contributed by atoms with Crippen molar-refractivity contribution >= 4 is 5.97 Å². The Morgan fingerprint density at radius 3 is 2.95 bits per heavy atom. The summed E-state index contributed by atoms with van der Waals surface area (Å²) in [5.41, 5.74) is 2.50. The van der Waals surface area contributed by atoms with Gasteiger partial charge in [0.05, 0.1) is 12.7 Å². The highest BCUT2D eigenvalue weighted by atomic mass is 16.6. The lowest BCUT2D eigenvalue weighted by molar-refractivity contribution is -0.145. The van der Waals surface area contributed by atoms with E-state index >= 15 is 0 Å². The van der Waals surface area contributed by atoms with Crippen molar-refractivity contribution in [3.63, 3.8) is 0 Å². The molecule has 0 radical (unpaired) electrons. The van der Waals surface area contributed by atoms with Crippen molar-refractivity contribution in [1.29, 1.82) is 0 Å². The maximum absolute atomic E-state index is 11.3. The van der Waals surface area contributed by atoms with Crippen LogP contribution in [0.2, 0.25) is 0 Å². The molecule has 0 amide bonds. The van der Waals surface area contributed by atoms with Crippen molar-refractivity contribution < 1.29 is 19.0 Å². The van der Waals surface area contributed by atoms with Crippen LogP contribution in [0.5, 0.6) is 5.75 Å². The van der Waals surface area contributed by atoms with Crippen LogP contribution in [-0.4, -0.2) is 26.3 Å². The van der Waals surface area contributed by atoms with Crippen LogP contribution < -0.4 is 4.74 Å². The predicted molar refractivity (Wildman–Crippen MR) is 75.9 cm³/mol. The average molecular weight is 278 g/mol. The fourth-order valence-electron chi connectivity index (χ4n) is 2.58. The Balaban J connectivity index is 2.09. The number of hydrogen-bond acceptors (Lipinski definition) is 4. The highest BCUT2D eigenvalue weighted by Crippen LogP contribution is 2.33. The molecule has 2 rings (SSSR count). The van der Waals surface area contributed by atoms with Crippen LogP contribution in [0.15, 0.2) is 18.2 Å². The SMILES string of the molecule is CCOC(=O)COc1ccc2c(c1)C(OC)CCCC2. The summed E-state index contributed by atoms with van der Waals surface area (Å²) < 4.78 is 15.9. The molecule has 1 unspecified atom stereocenters. The van der Waals surface area contributed by atoms with Gasteiger partial charge < -0.3 is 14.2 Å². The Kier molecular flexibility index (Phi) is 5.41. The Morgan fingerprint density at radius 2 is 2.20 bits per heavy atom. The minimum Gasteiger partial charge on any atom is -0.482 e. The highest BCUT2D eigenvalue weighted by molar-refractivity contribution is 5.71. The molecule has 1 aliphatic carbocycles. The van der Waals surface area contributed by atoms with Gasteiger partial charge in [-0.3, -0.25) is 0 Å². The zero-order valence-corrected chi connectivity index (χ0v) is 12.2. The molecule has 4 heteroatoms. The van der Waals surface area contributed by atoms with Gasteiger partial charge in [-0.1, -0.05) is 12.5 Å². The highest BCUT2D eigenvalue weighted by Gasteiger charge is 2.19. The largest absolute Gasteiger partial charge is 0.482 e. The Bertz CT molecular complexity index is 456. The van der Waals surface area contributed by atoms with Crippen molar-refractivity contribution in [2.75, 3.05) is 20.3 Å². The second-order valence-electron chi connectivity index (χ2n) is 4.92. The van der Waals surface area contributed by atoms with Gasteiger partial charge in [0, 0.05) is 7.11 Å². The molecule has 1 atom stereocenters. The number of methoxy groups -OCH3 is 1. The van der Waals surface area contributed by atoms with Crippen LogP contribution >= 0.6 is 0 Å². The van der Waals surface area contributed by atoms with Gasteiger partial charge in [0.1, 0.15) is 5.75 Å². The van der Waals surface area contributed by atoms with Crippen LogP contribution in [0.1, 0.15) is 43.4 Å². The molecule has 110 valence electrons. The predicted octanol–water partition coefficient (Wildman–Crippen LogP) is 3.04. The molecule has 0 fully saturated rings. The molecule has 0 bridgehead atoms. The third kappa shape index (κ3) is 3.73. The van der Waals surface area contributed by atoms with Gasteiger partial charge in [0.25, 0.3) is 0 Å². The summed E-state index contributed by atoms with van der Waals surface area (Å²) in [6, 6.07) is 5.98. The van der Waals surface area contributed by atoms with Crippen LogP contribution in [0.4, 0.5) is 0 Å². The third-order valence-corrected chi connectivity index (χ3v) is 3.57. The van der Waals surface area contributed by atoms with E-state index in [1.165, 1.54) is 24.0 Å². The molecule has 4 nitrogen and oxygen atoms in total. The molecule has 0 saturated heterocycles. The van der Waals surface area contributed by atoms with Gasteiger partial charge in [-0.2, -0.15) is 0 Å². The van der Waals surface area contributed by atoms with E-state index in [1.54, 1.807) is 14.0 Å². The quantitative estimate of drug-likeness (QED) is 0.613. The van der Waals surface area contributed by atoms with Gasteiger partial charge in [-0.25, -0.2) is 4.79 Å². The van der Waals surface area contributed by atoms with E-state index in [0.29, 0.717) is 12.4 Å². The summed E-state index contributed by atoms with van der Waals surface area (Å²) in [7, 11) is 1.74. The van der Waals surface area contributed by atoms with Crippen LogP contribution in [0.3, 0.4) is 0 Å². The fraction of sp³-hybridized carbons (Fsp3) is 0.562. The number of rotatable bonds is 5. The van der Waals surface area contributed by atoms with E-state index < -0.39 is 0 Å². The zero-order chi connectivity index (χ0) is 14.4. The first kappa shape index (κ1) is 14.9. The molecule has 0 heterocycles. The van der Waals surface area contributed by atoms with Gasteiger partial charge in [0.15, 0.2) is 6.61 Å². The number of benzene rings is 1. The molecule has 0 aliphatic heterocycles. The summed E-state index contributed by atoms with van der Waals surface area (Å²) in [6.07, 6.45) is 4.60. The minimum absolute atomic E-state index is 0.0513. The molecule has 1 aromatic rings. The minimum atomic E-state index is -0.342. The summed E-state index contributed by atoms with van der Waals surface area (Å²) in [5, 5.41) is 0. The molecule has 0 N–H and O–H groups in total. The van der Waals surface area contributed by atoms with Crippen LogP contribution in [-0.2, 0) is 20.7 Å². The van der Waals surface area contributed by atoms with E-state index in [-0.39, 0.29) is 18.7 Å². The normalized spacial score (nSPS) is 18.0. The summed E-state index contributed by atoms with van der Waals surface area (Å²) in [5.74, 6) is 0.353. The lowest BCUT2D eigenvalue weighted by Gasteiger charge is -2.17. The van der Waals surface area contributed by atoms with Crippen molar-refractivity contribution in [3.05, 3.63) is 29.3 Å².